The molecule has 14 heteroatoms. The molecule has 13 nitrogen and oxygen atoms in total. The zero-order valence-corrected chi connectivity index (χ0v) is 34.8. The van der Waals surface area contributed by atoms with Crippen molar-refractivity contribution in [2.24, 2.45) is 17.6 Å². The number of carbonyl (C=O) groups is 1. The van der Waals surface area contributed by atoms with Gasteiger partial charge < -0.3 is 39.2 Å². The molecule has 3 unspecified atom stereocenters. The number of nitrogens with two attached hydrogens (primary N) is 1. The van der Waals surface area contributed by atoms with E-state index in [1.54, 1.807) is 23.9 Å². The number of carbonyl (C=O) groups excluding carboxylic acids is 1. The Kier molecular flexibility index (Phi) is 11.3. The minimum Gasteiger partial charge on any atom is -0.445 e. The molecule has 11 rings (SSSR count). The van der Waals surface area contributed by atoms with Gasteiger partial charge >= 0.3 is 0 Å². The molecule has 2 N–H and O–H groups in total. The molecular formula is C46H53N9O4S. The van der Waals surface area contributed by atoms with Gasteiger partial charge in [-0.05, 0) is 68.7 Å². The Labute approximate surface area is 354 Å². The number of thiophene rings is 1. The highest BCUT2D eigenvalue weighted by molar-refractivity contribution is 7.17. The van der Waals surface area contributed by atoms with Gasteiger partial charge in [-0.3, -0.25) is 4.79 Å². The van der Waals surface area contributed by atoms with E-state index < -0.39 is 0 Å². The number of nitrogens with zero attached hydrogens (tertiary/aromatic N) is 8. The molecule has 6 aromatic rings. The molecule has 3 atom stereocenters. The van der Waals surface area contributed by atoms with Gasteiger partial charge in [0, 0.05) is 62.4 Å². The second-order valence-corrected chi connectivity index (χ2v) is 17.7. The summed E-state index contributed by atoms with van der Waals surface area (Å²) in [5.74, 6) is 2.94. The highest BCUT2D eigenvalue weighted by atomic mass is 32.1. The van der Waals surface area contributed by atoms with E-state index >= 15 is 0 Å². The maximum atomic E-state index is 11.6. The lowest BCUT2D eigenvalue weighted by Crippen LogP contribution is -2.38. The fraction of sp³-hybridized carbons (Fsp3) is 0.457. The van der Waals surface area contributed by atoms with Crippen LogP contribution in [0.5, 0.6) is 0 Å². The van der Waals surface area contributed by atoms with Crippen LogP contribution in [0, 0.1) is 11.8 Å². The number of hydrogen-bond acceptors (Lipinski definition) is 13. The predicted octanol–water partition coefficient (Wildman–Crippen LogP) is 6.87. The molecule has 5 aliphatic rings. The van der Waals surface area contributed by atoms with Gasteiger partial charge in [-0.15, -0.1) is 11.3 Å². The third-order valence-corrected chi connectivity index (χ3v) is 13.9. The van der Waals surface area contributed by atoms with E-state index in [0.29, 0.717) is 30.2 Å². The number of fused-ring (bicyclic) bond motifs is 4. The van der Waals surface area contributed by atoms with Gasteiger partial charge in [-0.25, -0.2) is 15.0 Å². The van der Waals surface area contributed by atoms with Crippen molar-refractivity contribution in [1.82, 2.24) is 24.8 Å². The fourth-order valence-corrected chi connectivity index (χ4v) is 10.6. The van der Waals surface area contributed by atoms with Crippen LogP contribution in [0.15, 0.2) is 83.1 Å². The molecule has 60 heavy (non-hydrogen) atoms. The number of piperidine rings is 1. The van der Waals surface area contributed by atoms with E-state index in [1.807, 2.05) is 24.3 Å². The van der Waals surface area contributed by atoms with Crippen molar-refractivity contribution in [2.45, 2.75) is 50.7 Å². The van der Waals surface area contributed by atoms with Gasteiger partial charge in [0.05, 0.1) is 42.0 Å². The van der Waals surface area contributed by atoms with Crippen LogP contribution in [0.1, 0.15) is 38.5 Å². The van der Waals surface area contributed by atoms with Crippen LogP contribution in [-0.4, -0.2) is 115 Å². The standard InChI is InChI=1S/C24H30N4O2.C22H23N5O2S/c1-2-6-20(7-3-1)21-17-30-24-22(21)23(25-18-26-24)28-12-8-19(9-13-28)16-29-15-14-27-10-4-5-11-27;23-19(28)14-6-7-26(9-14)22-24-20(27-10-16-8-15(27)11-29-16)18-17(12-30-21(18)25-22)13-4-2-1-3-5-13/h1-3,6-7,17-19H,4-5,8-16H2;1-5,12,14-16H,6-11H2,(H2,23,28). The molecule has 0 radical (unpaired) electrons. The summed E-state index contributed by atoms with van der Waals surface area (Å²) in [6.07, 6.45) is 10.5. The van der Waals surface area contributed by atoms with E-state index in [0.717, 1.165) is 117 Å². The summed E-state index contributed by atoms with van der Waals surface area (Å²) in [6, 6.07) is 21.1. The third kappa shape index (κ3) is 8.05. The molecule has 9 heterocycles. The molecule has 4 aromatic heterocycles. The van der Waals surface area contributed by atoms with Crippen LogP contribution in [-0.2, 0) is 14.3 Å². The fourth-order valence-electron chi connectivity index (χ4n) is 9.62. The number of primary amides is 1. The largest absolute Gasteiger partial charge is 0.445 e. The zero-order chi connectivity index (χ0) is 40.4. The maximum absolute atomic E-state index is 11.6. The Morgan fingerprint density at radius 2 is 1.58 bits per heavy atom. The van der Waals surface area contributed by atoms with E-state index in [9.17, 15) is 4.79 Å². The van der Waals surface area contributed by atoms with Crippen molar-refractivity contribution in [3.05, 3.63) is 78.6 Å². The van der Waals surface area contributed by atoms with Crippen molar-refractivity contribution >= 4 is 56.1 Å². The second-order valence-electron chi connectivity index (χ2n) is 16.8. The normalized spacial score (nSPS) is 22.0. The Balaban J connectivity index is 0.000000144. The molecule has 0 saturated carbocycles. The van der Waals surface area contributed by atoms with Gasteiger partial charge in [0.2, 0.25) is 17.6 Å². The monoisotopic (exact) mass is 827 g/mol. The highest BCUT2D eigenvalue weighted by Gasteiger charge is 2.41. The summed E-state index contributed by atoms with van der Waals surface area (Å²) in [5, 5.41) is 4.32. The molecule has 5 saturated heterocycles. The van der Waals surface area contributed by atoms with Gasteiger partial charge in [0.1, 0.15) is 29.1 Å². The Hall–Kier alpha value is -5.15. The summed E-state index contributed by atoms with van der Waals surface area (Å²) in [6.45, 7) is 10.3. The summed E-state index contributed by atoms with van der Waals surface area (Å²) >= 11 is 1.65. The summed E-state index contributed by atoms with van der Waals surface area (Å²) in [7, 11) is 0. The molecule has 1 amide bonds. The number of rotatable bonds is 11. The van der Waals surface area contributed by atoms with Crippen molar-refractivity contribution in [1.29, 1.82) is 0 Å². The molecule has 2 aromatic carbocycles. The lowest BCUT2D eigenvalue weighted by molar-refractivity contribution is -0.121. The number of benzene rings is 2. The number of amides is 1. The summed E-state index contributed by atoms with van der Waals surface area (Å²) < 4.78 is 17.6. The number of anilines is 3. The van der Waals surface area contributed by atoms with E-state index in [2.05, 4.69) is 71.3 Å². The number of furan rings is 1. The van der Waals surface area contributed by atoms with E-state index in [-0.39, 0.29) is 17.9 Å². The smallest absolute Gasteiger partial charge is 0.231 e. The molecule has 5 fully saturated rings. The van der Waals surface area contributed by atoms with Crippen molar-refractivity contribution in [3.8, 4) is 22.3 Å². The summed E-state index contributed by atoms with van der Waals surface area (Å²) in [5.41, 5.74) is 10.8. The number of ether oxygens (including phenoxy) is 2. The van der Waals surface area contributed by atoms with Gasteiger partial charge in [-0.2, -0.15) is 4.98 Å². The average molecular weight is 828 g/mol. The van der Waals surface area contributed by atoms with Crippen LogP contribution in [0.2, 0.25) is 0 Å². The van der Waals surface area contributed by atoms with Gasteiger partial charge in [0.25, 0.3) is 0 Å². The first kappa shape index (κ1) is 39.0. The number of morpholine rings is 1. The lowest BCUT2D eigenvalue weighted by atomic mass is 9.97. The van der Waals surface area contributed by atoms with Gasteiger partial charge in [-0.1, -0.05) is 60.7 Å². The predicted molar refractivity (Wildman–Crippen MR) is 237 cm³/mol. The first-order chi connectivity index (χ1) is 29.6. The molecule has 0 aliphatic carbocycles. The molecule has 312 valence electrons. The van der Waals surface area contributed by atoms with Crippen molar-refractivity contribution in [2.75, 3.05) is 86.9 Å². The topological polar surface area (TPSA) is 139 Å². The van der Waals surface area contributed by atoms with Crippen LogP contribution in [0.25, 0.3) is 43.6 Å². The Morgan fingerprint density at radius 3 is 2.28 bits per heavy atom. The second kappa shape index (κ2) is 17.4. The first-order valence-corrected chi connectivity index (χ1v) is 22.5. The van der Waals surface area contributed by atoms with Crippen LogP contribution >= 0.6 is 11.3 Å². The van der Waals surface area contributed by atoms with E-state index in [1.165, 1.54) is 37.1 Å². The third-order valence-electron chi connectivity index (χ3n) is 13.0. The highest BCUT2D eigenvalue weighted by Crippen LogP contribution is 2.43. The Bertz CT molecular complexity index is 2400. The van der Waals surface area contributed by atoms with Crippen LogP contribution in [0.3, 0.4) is 0 Å². The number of likely N-dealkylation sites (tertiary alicyclic amines) is 1. The van der Waals surface area contributed by atoms with Crippen LogP contribution in [0.4, 0.5) is 17.6 Å². The minimum atomic E-state index is -0.240. The van der Waals surface area contributed by atoms with Crippen molar-refractivity contribution in [3.63, 3.8) is 0 Å². The Morgan fingerprint density at radius 1 is 0.833 bits per heavy atom. The molecule has 5 aliphatic heterocycles. The molecular weight excluding hydrogens is 775 g/mol. The maximum Gasteiger partial charge on any atom is 0.231 e. The minimum absolute atomic E-state index is 0.132. The summed E-state index contributed by atoms with van der Waals surface area (Å²) in [4.78, 5) is 41.0. The van der Waals surface area contributed by atoms with E-state index in [4.69, 9.17) is 29.6 Å². The average Bonchev–Trinajstić information content (AvgIpc) is 4.16. The molecule has 2 bridgehead atoms. The quantitative estimate of drug-likeness (QED) is 0.137. The van der Waals surface area contributed by atoms with Crippen molar-refractivity contribution < 1.29 is 18.7 Å². The van der Waals surface area contributed by atoms with Gasteiger partial charge in [0.15, 0.2) is 0 Å². The SMILES string of the molecule is NC(=O)C1CCN(c2nc(N3CC4CC3CO4)c3c(-c4ccccc4)csc3n2)C1.c1ccc(-c2coc3ncnc(N4CCC(COCCN5CCCC5)CC4)c23)cc1. The number of aromatic nitrogens is 4. The first-order valence-electron chi connectivity index (χ1n) is 21.7. The number of hydrogen-bond donors (Lipinski definition) is 1. The molecule has 0 spiro atoms. The lowest BCUT2D eigenvalue weighted by Gasteiger charge is -2.33. The zero-order valence-electron chi connectivity index (χ0n) is 34.0. The van der Waals surface area contributed by atoms with Crippen LogP contribution < -0.4 is 20.4 Å².